The number of nitrogens with one attached hydrogen (secondary N) is 1. The van der Waals surface area contributed by atoms with Gasteiger partial charge in [0.2, 0.25) is 0 Å². The molecule has 170 valence electrons. The Bertz CT molecular complexity index is 1320. The molecule has 1 aliphatic heterocycles. The molecule has 5 heteroatoms. The molecular formula is C29H25BrN2O2. The summed E-state index contributed by atoms with van der Waals surface area (Å²) in [6.45, 7) is 2.00. The molecule has 0 spiro atoms. The first kappa shape index (κ1) is 22.4. The summed E-state index contributed by atoms with van der Waals surface area (Å²) in [5.41, 5.74) is 5.42. The minimum Gasteiger partial charge on any atom is -0.507 e. The van der Waals surface area contributed by atoms with Gasteiger partial charge in [0.15, 0.2) is 5.78 Å². The summed E-state index contributed by atoms with van der Waals surface area (Å²) >= 11 is 3.49. The Morgan fingerprint density at radius 3 is 2.32 bits per heavy atom. The van der Waals surface area contributed by atoms with Crippen molar-refractivity contribution in [2.45, 2.75) is 32.1 Å². The van der Waals surface area contributed by atoms with E-state index in [1.54, 1.807) is 0 Å². The third-order valence-corrected chi connectivity index (χ3v) is 7.08. The van der Waals surface area contributed by atoms with Gasteiger partial charge in [0.1, 0.15) is 11.6 Å². The number of carbonyl (C=O) groups excluding carboxylic acids is 1. The van der Waals surface area contributed by atoms with Gasteiger partial charge in [-0.1, -0.05) is 76.1 Å². The summed E-state index contributed by atoms with van der Waals surface area (Å²) < 4.78 is 0.939. The maximum Gasteiger partial charge on any atom is 0.161 e. The molecule has 0 bridgehead atoms. The quantitative estimate of drug-likeness (QED) is 0.361. The van der Waals surface area contributed by atoms with Crippen molar-refractivity contribution in [2.75, 3.05) is 4.90 Å². The molecule has 3 aromatic carbocycles. The highest BCUT2D eigenvalue weighted by Gasteiger charge is 2.43. The van der Waals surface area contributed by atoms with Gasteiger partial charge in [0.05, 0.1) is 0 Å². The number of anilines is 1. The van der Waals surface area contributed by atoms with E-state index in [1.807, 2.05) is 90.7 Å². The van der Waals surface area contributed by atoms with Gasteiger partial charge in [-0.3, -0.25) is 15.1 Å². The molecule has 5 rings (SSSR count). The number of Topliss-reactive ketones (excluding diaryl/α,β-unsaturated/α-hetero) is 1. The van der Waals surface area contributed by atoms with Crippen molar-refractivity contribution in [3.63, 3.8) is 0 Å². The van der Waals surface area contributed by atoms with Crippen LogP contribution in [0.5, 0.6) is 0 Å². The fourth-order valence-corrected chi connectivity index (χ4v) is 5.18. The summed E-state index contributed by atoms with van der Waals surface area (Å²) in [6, 6.07) is 25.1. The van der Waals surface area contributed by atoms with Gasteiger partial charge < -0.3 is 5.11 Å². The van der Waals surface area contributed by atoms with Crippen molar-refractivity contribution >= 4 is 39.0 Å². The molecule has 0 fully saturated rings. The number of hydrogen-bond acceptors (Lipinski definition) is 3. The van der Waals surface area contributed by atoms with Gasteiger partial charge in [0, 0.05) is 44.9 Å². The predicted octanol–water partition coefficient (Wildman–Crippen LogP) is 7.31. The fourth-order valence-electron chi connectivity index (χ4n) is 4.91. The Labute approximate surface area is 207 Å². The number of amidine groups is 1. The van der Waals surface area contributed by atoms with E-state index in [-0.39, 0.29) is 17.4 Å². The van der Waals surface area contributed by atoms with Crippen LogP contribution >= 0.6 is 15.9 Å². The zero-order valence-corrected chi connectivity index (χ0v) is 20.5. The van der Waals surface area contributed by atoms with E-state index in [0.29, 0.717) is 29.6 Å². The standard InChI is InChI=1S/C29H25BrN2O2/c1-18-10-12-20(13-11-18)28(34)27-25(19-6-3-2-4-7-19)26-23(8-5-9-24(26)33)32(29(27)31)22-16-14-21(30)15-17-22/h2-4,6-7,10-17,25,31,34H,5,8-9H2,1H3. The molecule has 1 aliphatic carbocycles. The normalized spacial score (nSPS) is 19.8. The number of rotatable bonds is 3. The molecule has 0 saturated heterocycles. The third-order valence-electron chi connectivity index (χ3n) is 6.55. The number of nitrogens with zero attached hydrogens (tertiary/aromatic N) is 1. The highest BCUT2D eigenvalue weighted by atomic mass is 79.9. The number of aliphatic hydroxyl groups is 1. The molecule has 3 aromatic rings. The first-order valence-corrected chi connectivity index (χ1v) is 12.2. The Kier molecular flexibility index (Phi) is 5.96. The Balaban J connectivity index is 1.81. The van der Waals surface area contributed by atoms with Crippen molar-refractivity contribution in [1.82, 2.24) is 0 Å². The molecule has 0 aromatic heterocycles. The second-order valence-electron chi connectivity index (χ2n) is 8.77. The average molecular weight is 513 g/mol. The van der Waals surface area contributed by atoms with Crippen LogP contribution in [0.4, 0.5) is 5.69 Å². The van der Waals surface area contributed by atoms with Gasteiger partial charge in [-0.2, -0.15) is 0 Å². The van der Waals surface area contributed by atoms with E-state index in [9.17, 15) is 15.3 Å². The summed E-state index contributed by atoms with van der Waals surface area (Å²) in [6.07, 6.45) is 1.94. The fraction of sp³-hybridized carbons (Fsp3) is 0.172. The van der Waals surface area contributed by atoms with Crippen LogP contribution in [0.1, 0.15) is 41.9 Å². The molecule has 0 radical (unpaired) electrons. The second kappa shape index (κ2) is 9.07. The predicted molar refractivity (Wildman–Crippen MR) is 140 cm³/mol. The summed E-state index contributed by atoms with van der Waals surface area (Å²) in [4.78, 5) is 15.3. The lowest BCUT2D eigenvalue weighted by Crippen LogP contribution is -2.42. The van der Waals surface area contributed by atoms with Crippen LogP contribution in [-0.2, 0) is 4.79 Å². The second-order valence-corrected chi connectivity index (χ2v) is 9.69. The monoisotopic (exact) mass is 512 g/mol. The van der Waals surface area contributed by atoms with Crippen LogP contribution < -0.4 is 4.90 Å². The molecule has 2 N–H and O–H groups in total. The third kappa shape index (κ3) is 3.90. The van der Waals surface area contributed by atoms with Gasteiger partial charge in [-0.05, 0) is 49.6 Å². The van der Waals surface area contributed by atoms with E-state index in [4.69, 9.17) is 0 Å². The van der Waals surface area contributed by atoms with E-state index < -0.39 is 5.92 Å². The largest absolute Gasteiger partial charge is 0.507 e. The number of halogens is 1. The van der Waals surface area contributed by atoms with E-state index in [1.165, 1.54) is 0 Å². The van der Waals surface area contributed by atoms with Crippen LogP contribution in [0.2, 0.25) is 0 Å². The molecule has 0 saturated carbocycles. The summed E-state index contributed by atoms with van der Waals surface area (Å²) in [7, 11) is 0. The number of aliphatic hydroxyl groups excluding tert-OH is 1. The highest BCUT2D eigenvalue weighted by molar-refractivity contribution is 9.10. The zero-order valence-electron chi connectivity index (χ0n) is 18.9. The maximum absolute atomic E-state index is 13.4. The molecule has 1 unspecified atom stereocenters. The van der Waals surface area contributed by atoms with Crippen LogP contribution in [-0.4, -0.2) is 16.7 Å². The molecule has 4 nitrogen and oxygen atoms in total. The van der Waals surface area contributed by atoms with E-state index in [0.717, 1.165) is 33.4 Å². The lowest BCUT2D eigenvalue weighted by Gasteiger charge is -2.41. The van der Waals surface area contributed by atoms with Crippen molar-refractivity contribution in [2.24, 2.45) is 0 Å². The molecule has 2 aliphatic rings. The number of aryl methyl sites for hydroxylation is 1. The Hall–Kier alpha value is -3.44. The zero-order chi connectivity index (χ0) is 23.8. The average Bonchev–Trinajstić information content (AvgIpc) is 2.85. The lowest BCUT2D eigenvalue weighted by atomic mass is 9.73. The van der Waals surface area contributed by atoms with Crippen LogP contribution in [0.3, 0.4) is 0 Å². The molecule has 1 atom stereocenters. The van der Waals surface area contributed by atoms with Gasteiger partial charge in [-0.25, -0.2) is 0 Å². The highest BCUT2D eigenvalue weighted by Crippen LogP contribution is 2.47. The van der Waals surface area contributed by atoms with E-state index in [2.05, 4.69) is 15.9 Å². The molecule has 0 amide bonds. The number of ketones is 1. The van der Waals surface area contributed by atoms with Crippen LogP contribution in [0.15, 0.2) is 100 Å². The van der Waals surface area contributed by atoms with Crippen molar-refractivity contribution < 1.29 is 9.90 Å². The number of allylic oxidation sites excluding steroid dienone is 2. The van der Waals surface area contributed by atoms with Gasteiger partial charge >= 0.3 is 0 Å². The summed E-state index contributed by atoms with van der Waals surface area (Å²) in [5, 5.41) is 20.9. The number of benzene rings is 3. The maximum atomic E-state index is 13.4. The Morgan fingerprint density at radius 2 is 1.65 bits per heavy atom. The minimum atomic E-state index is -0.496. The van der Waals surface area contributed by atoms with Crippen molar-refractivity contribution in [1.29, 1.82) is 5.41 Å². The molecule has 34 heavy (non-hydrogen) atoms. The molecular weight excluding hydrogens is 488 g/mol. The van der Waals surface area contributed by atoms with Gasteiger partial charge in [-0.15, -0.1) is 0 Å². The summed E-state index contributed by atoms with van der Waals surface area (Å²) in [5.74, 6) is -0.183. The smallest absolute Gasteiger partial charge is 0.161 e. The van der Waals surface area contributed by atoms with Crippen molar-refractivity contribution in [3.05, 3.63) is 117 Å². The van der Waals surface area contributed by atoms with Crippen molar-refractivity contribution in [3.8, 4) is 0 Å². The Morgan fingerprint density at radius 1 is 0.971 bits per heavy atom. The first-order chi connectivity index (χ1) is 16.5. The van der Waals surface area contributed by atoms with Crippen LogP contribution in [0.25, 0.3) is 5.76 Å². The van der Waals surface area contributed by atoms with E-state index >= 15 is 0 Å². The lowest BCUT2D eigenvalue weighted by molar-refractivity contribution is -0.116. The number of carbonyl (C=O) groups is 1. The first-order valence-electron chi connectivity index (χ1n) is 11.4. The number of hydrogen-bond donors (Lipinski definition) is 2. The minimum absolute atomic E-state index is 0.0332. The SMILES string of the molecule is Cc1ccc(C(O)=C2C(=N)N(c3ccc(Br)cc3)C3=C(C(=O)CCC3)C2c2ccccc2)cc1. The topological polar surface area (TPSA) is 64.4 Å². The van der Waals surface area contributed by atoms with Gasteiger partial charge in [0.25, 0.3) is 0 Å². The van der Waals surface area contributed by atoms with Crippen LogP contribution in [0, 0.1) is 12.3 Å². The molecule has 1 heterocycles.